The van der Waals surface area contributed by atoms with E-state index in [0.29, 0.717) is 23.2 Å². The Morgan fingerprint density at radius 2 is 2.18 bits per heavy atom. The van der Waals surface area contributed by atoms with Crippen LogP contribution in [0.4, 0.5) is 9.52 Å². The molecular weight excluding hydrogens is 379 g/mol. The minimum Gasteiger partial charge on any atom is -0.356 e. The summed E-state index contributed by atoms with van der Waals surface area (Å²) >= 11 is 1.42. The third-order valence-corrected chi connectivity index (χ3v) is 5.74. The standard InChI is InChI=1S/C20H21FN4O2S/c21-16-3-1-13(2-4-16)18-11-17(25-27-18)9-15-12-22-6-5-14(15)10-19(26)24-20-23-7-8-28-20/h1-4,7-8,11,14-15,22H,5-6,9-10,12H2,(H,23,24,26). The Labute approximate surface area is 166 Å². The molecule has 1 fully saturated rings. The summed E-state index contributed by atoms with van der Waals surface area (Å²) in [6.07, 6.45) is 3.82. The molecule has 0 saturated carbocycles. The number of rotatable bonds is 6. The molecule has 3 aromatic rings. The summed E-state index contributed by atoms with van der Waals surface area (Å²) < 4.78 is 18.5. The van der Waals surface area contributed by atoms with Crippen molar-refractivity contribution in [3.8, 4) is 11.3 Å². The molecule has 1 aromatic carbocycles. The van der Waals surface area contributed by atoms with E-state index in [1.807, 2.05) is 11.4 Å². The normalized spacial score (nSPS) is 19.5. The molecule has 6 nitrogen and oxygen atoms in total. The number of carbonyl (C=O) groups excluding carboxylic acids is 1. The third kappa shape index (κ3) is 4.63. The average molecular weight is 400 g/mol. The number of thiazole rings is 1. The molecule has 2 aromatic heterocycles. The maximum absolute atomic E-state index is 13.1. The Kier molecular flexibility index (Phi) is 5.78. The van der Waals surface area contributed by atoms with E-state index >= 15 is 0 Å². The highest BCUT2D eigenvalue weighted by atomic mass is 32.1. The van der Waals surface area contributed by atoms with Crippen molar-refractivity contribution in [1.82, 2.24) is 15.5 Å². The zero-order valence-electron chi connectivity index (χ0n) is 15.2. The van der Waals surface area contributed by atoms with Crippen LogP contribution in [0.3, 0.4) is 0 Å². The van der Waals surface area contributed by atoms with E-state index in [1.165, 1.54) is 23.5 Å². The zero-order chi connectivity index (χ0) is 19.3. The number of aromatic nitrogens is 2. The van der Waals surface area contributed by atoms with Crippen molar-refractivity contribution < 1.29 is 13.7 Å². The molecule has 28 heavy (non-hydrogen) atoms. The molecule has 2 atom stereocenters. The van der Waals surface area contributed by atoms with Crippen LogP contribution in [-0.2, 0) is 11.2 Å². The van der Waals surface area contributed by atoms with Crippen molar-refractivity contribution in [2.24, 2.45) is 11.8 Å². The fourth-order valence-electron chi connectivity index (χ4n) is 3.61. The van der Waals surface area contributed by atoms with Crippen LogP contribution < -0.4 is 10.6 Å². The fraction of sp³-hybridized carbons (Fsp3) is 0.350. The van der Waals surface area contributed by atoms with Gasteiger partial charge in [0.2, 0.25) is 5.91 Å². The third-order valence-electron chi connectivity index (χ3n) is 5.05. The van der Waals surface area contributed by atoms with E-state index in [1.54, 1.807) is 18.3 Å². The van der Waals surface area contributed by atoms with Gasteiger partial charge in [0.15, 0.2) is 10.9 Å². The number of nitrogens with zero attached hydrogens (tertiary/aromatic N) is 2. The highest BCUT2D eigenvalue weighted by Gasteiger charge is 2.28. The van der Waals surface area contributed by atoms with Crippen molar-refractivity contribution in [2.45, 2.75) is 19.3 Å². The minimum atomic E-state index is -0.282. The second-order valence-corrected chi connectivity index (χ2v) is 7.89. The molecule has 1 saturated heterocycles. The minimum absolute atomic E-state index is 0.000922. The summed E-state index contributed by atoms with van der Waals surface area (Å²) in [6, 6.07) is 8.05. The van der Waals surface area contributed by atoms with Gasteiger partial charge in [-0.05, 0) is 62.0 Å². The number of hydrogen-bond acceptors (Lipinski definition) is 6. The van der Waals surface area contributed by atoms with Gasteiger partial charge in [0, 0.05) is 29.6 Å². The predicted octanol–water partition coefficient (Wildman–Crippen LogP) is 3.73. The Bertz CT molecular complexity index is 911. The lowest BCUT2D eigenvalue weighted by atomic mass is 9.81. The quantitative estimate of drug-likeness (QED) is 0.659. The molecule has 8 heteroatoms. The summed E-state index contributed by atoms with van der Waals surface area (Å²) in [7, 11) is 0. The number of carbonyl (C=O) groups is 1. The molecule has 0 radical (unpaired) electrons. The van der Waals surface area contributed by atoms with E-state index in [4.69, 9.17) is 4.52 Å². The highest BCUT2D eigenvalue weighted by molar-refractivity contribution is 7.13. The molecule has 1 aliphatic heterocycles. The molecule has 1 aliphatic rings. The molecule has 146 valence electrons. The van der Waals surface area contributed by atoms with Crippen LogP contribution in [0.5, 0.6) is 0 Å². The molecule has 3 heterocycles. The van der Waals surface area contributed by atoms with Crippen LogP contribution in [0.1, 0.15) is 18.5 Å². The van der Waals surface area contributed by atoms with Gasteiger partial charge >= 0.3 is 0 Å². The molecule has 0 aliphatic carbocycles. The second-order valence-electron chi connectivity index (χ2n) is 7.00. The SMILES string of the molecule is O=C(CC1CCNCC1Cc1cc(-c2ccc(F)cc2)on1)Nc1nccs1. The van der Waals surface area contributed by atoms with Gasteiger partial charge in [-0.2, -0.15) is 0 Å². The summed E-state index contributed by atoms with van der Waals surface area (Å²) in [4.78, 5) is 16.5. The van der Waals surface area contributed by atoms with Gasteiger partial charge in [0.05, 0.1) is 5.69 Å². The van der Waals surface area contributed by atoms with Crippen LogP contribution in [-0.4, -0.2) is 29.1 Å². The lowest BCUT2D eigenvalue weighted by Crippen LogP contribution is -2.39. The highest BCUT2D eigenvalue weighted by Crippen LogP contribution is 2.28. The number of halogens is 1. The average Bonchev–Trinajstić information content (AvgIpc) is 3.36. The summed E-state index contributed by atoms with van der Waals surface area (Å²) in [5.74, 6) is 0.903. The van der Waals surface area contributed by atoms with Crippen molar-refractivity contribution in [3.63, 3.8) is 0 Å². The monoisotopic (exact) mass is 400 g/mol. The number of nitrogens with one attached hydrogen (secondary N) is 2. The van der Waals surface area contributed by atoms with E-state index in [9.17, 15) is 9.18 Å². The largest absolute Gasteiger partial charge is 0.356 e. The van der Waals surface area contributed by atoms with Crippen molar-refractivity contribution in [1.29, 1.82) is 0 Å². The second kappa shape index (κ2) is 8.62. The smallest absolute Gasteiger partial charge is 0.226 e. The fourth-order valence-corrected chi connectivity index (χ4v) is 4.15. The van der Waals surface area contributed by atoms with E-state index in [-0.39, 0.29) is 17.6 Å². The molecular formula is C20H21FN4O2S. The van der Waals surface area contributed by atoms with Gasteiger partial charge in [-0.15, -0.1) is 11.3 Å². The first-order valence-electron chi connectivity index (χ1n) is 9.29. The summed E-state index contributed by atoms with van der Waals surface area (Å²) in [6.45, 7) is 1.75. The Balaban J connectivity index is 1.39. The molecule has 4 rings (SSSR count). The van der Waals surface area contributed by atoms with Gasteiger partial charge < -0.3 is 15.2 Å². The van der Waals surface area contributed by atoms with E-state index in [0.717, 1.165) is 37.2 Å². The first-order chi connectivity index (χ1) is 13.7. The molecule has 2 unspecified atom stereocenters. The summed E-state index contributed by atoms with van der Waals surface area (Å²) in [5, 5.41) is 12.9. The Morgan fingerprint density at radius 1 is 1.32 bits per heavy atom. The zero-order valence-corrected chi connectivity index (χ0v) is 16.0. The number of hydrogen-bond donors (Lipinski definition) is 2. The van der Waals surface area contributed by atoms with Gasteiger partial charge in [0.1, 0.15) is 5.82 Å². The molecule has 0 bridgehead atoms. The van der Waals surface area contributed by atoms with E-state index in [2.05, 4.69) is 20.8 Å². The topological polar surface area (TPSA) is 80.0 Å². The van der Waals surface area contributed by atoms with Gasteiger partial charge in [0.25, 0.3) is 0 Å². The lowest BCUT2D eigenvalue weighted by Gasteiger charge is -2.31. The Morgan fingerprint density at radius 3 is 2.96 bits per heavy atom. The lowest BCUT2D eigenvalue weighted by molar-refractivity contribution is -0.117. The van der Waals surface area contributed by atoms with Crippen LogP contribution in [0.2, 0.25) is 0 Å². The predicted molar refractivity (Wildman–Crippen MR) is 105 cm³/mol. The number of piperidine rings is 1. The number of benzene rings is 1. The van der Waals surface area contributed by atoms with Gasteiger partial charge in [-0.25, -0.2) is 9.37 Å². The van der Waals surface area contributed by atoms with Crippen molar-refractivity contribution >= 4 is 22.4 Å². The van der Waals surface area contributed by atoms with E-state index < -0.39 is 0 Å². The molecule has 2 N–H and O–H groups in total. The van der Waals surface area contributed by atoms with Crippen LogP contribution in [0.15, 0.2) is 46.4 Å². The summed E-state index contributed by atoms with van der Waals surface area (Å²) in [5.41, 5.74) is 1.64. The first kappa shape index (κ1) is 18.8. The molecule has 1 amide bonds. The van der Waals surface area contributed by atoms with Gasteiger partial charge in [-0.3, -0.25) is 4.79 Å². The van der Waals surface area contributed by atoms with Crippen LogP contribution in [0.25, 0.3) is 11.3 Å². The van der Waals surface area contributed by atoms with Gasteiger partial charge in [-0.1, -0.05) is 5.16 Å². The van der Waals surface area contributed by atoms with Crippen molar-refractivity contribution in [2.75, 3.05) is 18.4 Å². The number of anilines is 1. The number of amides is 1. The maximum Gasteiger partial charge on any atom is 0.226 e. The molecule has 0 spiro atoms. The van der Waals surface area contributed by atoms with Crippen molar-refractivity contribution in [3.05, 3.63) is 53.4 Å². The van der Waals surface area contributed by atoms with Crippen LogP contribution >= 0.6 is 11.3 Å². The van der Waals surface area contributed by atoms with Crippen LogP contribution in [0, 0.1) is 17.7 Å². The Hall–Kier alpha value is -2.58. The maximum atomic E-state index is 13.1. The first-order valence-corrected chi connectivity index (χ1v) is 10.2.